The zero-order valence-corrected chi connectivity index (χ0v) is 8.72. The van der Waals surface area contributed by atoms with Crippen molar-refractivity contribution < 1.29 is 4.79 Å². The highest BCUT2D eigenvalue weighted by Gasteiger charge is 2.43. The number of nitrogens with one attached hydrogen (secondary N) is 4. The minimum absolute atomic E-state index is 0.0752. The molecule has 0 aromatic carbocycles. The molecule has 2 fully saturated rings. The first kappa shape index (κ1) is 9.85. The summed E-state index contributed by atoms with van der Waals surface area (Å²) >= 11 is 0. The molecule has 0 aliphatic carbocycles. The van der Waals surface area contributed by atoms with Crippen molar-refractivity contribution >= 4 is 5.91 Å². The summed E-state index contributed by atoms with van der Waals surface area (Å²) < 4.78 is 0. The van der Waals surface area contributed by atoms with Crippen LogP contribution in [-0.4, -0.2) is 35.1 Å². The van der Waals surface area contributed by atoms with E-state index in [-0.39, 0.29) is 23.5 Å². The average molecular weight is 199 g/mol. The van der Waals surface area contributed by atoms with E-state index in [0.717, 1.165) is 6.54 Å². The molecule has 2 saturated heterocycles. The van der Waals surface area contributed by atoms with Crippen LogP contribution in [0, 0.1) is 0 Å². The Labute approximate surface area is 83.3 Å². The van der Waals surface area contributed by atoms with Gasteiger partial charge in [0.1, 0.15) is 6.04 Å². The summed E-state index contributed by atoms with van der Waals surface area (Å²) in [6, 6.07) is -0.0448. The van der Waals surface area contributed by atoms with Gasteiger partial charge in [-0.3, -0.25) is 9.80 Å². The van der Waals surface area contributed by atoms with E-state index in [2.05, 4.69) is 21.8 Å². The van der Waals surface area contributed by atoms with Crippen molar-refractivity contribution in [1.82, 2.24) is 26.8 Å². The molecule has 0 spiro atoms. The minimum atomic E-state index is -0.188. The summed E-state index contributed by atoms with van der Waals surface area (Å²) in [5.74, 6) is 0.0752. The van der Waals surface area contributed by atoms with E-state index in [1.807, 2.05) is 20.8 Å². The number of carbonyl (C=O) groups is 1. The van der Waals surface area contributed by atoms with Gasteiger partial charge in [0.25, 0.3) is 5.91 Å². The number of fused-ring (bicyclic) bond motifs is 1. The Morgan fingerprint density at radius 2 is 2.07 bits per heavy atom. The predicted molar refractivity (Wildman–Crippen MR) is 51.6 cm³/mol. The molecule has 80 valence electrons. The molecule has 2 atom stereocenters. The molecule has 2 rings (SSSR count). The van der Waals surface area contributed by atoms with Crippen LogP contribution in [0.15, 0.2) is 0 Å². The monoisotopic (exact) mass is 199 g/mol. The van der Waals surface area contributed by atoms with Crippen molar-refractivity contribution in [2.45, 2.75) is 38.4 Å². The topological polar surface area (TPSA) is 68.4 Å². The van der Waals surface area contributed by atoms with Crippen molar-refractivity contribution in [1.29, 1.82) is 0 Å². The maximum atomic E-state index is 12.0. The second-order valence-corrected chi connectivity index (χ2v) is 4.70. The first-order valence-corrected chi connectivity index (χ1v) is 4.84. The first-order chi connectivity index (χ1) is 6.50. The molecule has 0 saturated carbocycles. The summed E-state index contributed by atoms with van der Waals surface area (Å²) in [6.45, 7) is 6.77. The lowest BCUT2D eigenvalue weighted by atomic mass is 10.0. The molecule has 2 aliphatic rings. The number of hydrazine groups is 3. The second-order valence-electron chi connectivity index (χ2n) is 4.70. The van der Waals surface area contributed by atoms with Crippen LogP contribution in [0.4, 0.5) is 0 Å². The first-order valence-electron chi connectivity index (χ1n) is 4.84. The van der Waals surface area contributed by atoms with E-state index in [0.29, 0.717) is 0 Å². The highest BCUT2D eigenvalue weighted by Crippen LogP contribution is 2.17. The number of nitrogens with zero attached hydrogens (tertiary/aromatic N) is 1. The fraction of sp³-hybridized carbons (Fsp3) is 0.875. The van der Waals surface area contributed by atoms with Crippen molar-refractivity contribution in [2.24, 2.45) is 0 Å². The molecule has 0 bridgehead atoms. The summed E-state index contributed by atoms with van der Waals surface area (Å²) in [7, 11) is 0. The van der Waals surface area contributed by atoms with E-state index < -0.39 is 0 Å². The van der Waals surface area contributed by atoms with E-state index in [1.165, 1.54) is 0 Å². The summed E-state index contributed by atoms with van der Waals surface area (Å²) in [4.78, 5) is 12.0. The van der Waals surface area contributed by atoms with Crippen LogP contribution in [0.2, 0.25) is 0 Å². The zero-order valence-electron chi connectivity index (χ0n) is 8.72. The Morgan fingerprint density at radius 1 is 1.36 bits per heavy atom. The smallest absolute Gasteiger partial charge is 0.257 e. The van der Waals surface area contributed by atoms with Gasteiger partial charge in [0.05, 0.1) is 11.6 Å². The Balaban J connectivity index is 2.13. The van der Waals surface area contributed by atoms with Crippen LogP contribution in [0.25, 0.3) is 0 Å². The molecule has 2 unspecified atom stereocenters. The van der Waals surface area contributed by atoms with Gasteiger partial charge in [-0.2, -0.15) is 5.53 Å². The van der Waals surface area contributed by atoms with Gasteiger partial charge in [-0.05, 0) is 20.8 Å². The van der Waals surface area contributed by atoms with Crippen molar-refractivity contribution in [3.8, 4) is 0 Å². The third kappa shape index (κ3) is 1.50. The van der Waals surface area contributed by atoms with Crippen LogP contribution >= 0.6 is 0 Å². The van der Waals surface area contributed by atoms with Gasteiger partial charge < -0.3 is 0 Å². The fourth-order valence-corrected chi connectivity index (χ4v) is 1.77. The van der Waals surface area contributed by atoms with Crippen molar-refractivity contribution in [2.75, 3.05) is 6.54 Å². The molecule has 6 nitrogen and oxygen atoms in total. The van der Waals surface area contributed by atoms with E-state index in [4.69, 9.17) is 0 Å². The largest absolute Gasteiger partial charge is 0.271 e. The lowest BCUT2D eigenvalue weighted by Crippen LogP contribution is -2.67. The van der Waals surface area contributed by atoms with Gasteiger partial charge in [-0.25, -0.2) is 16.3 Å². The Kier molecular flexibility index (Phi) is 2.23. The van der Waals surface area contributed by atoms with Crippen LogP contribution in [-0.2, 0) is 4.79 Å². The molecule has 1 amide bonds. The zero-order chi connectivity index (χ0) is 10.3. The van der Waals surface area contributed by atoms with Crippen molar-refractivity contribution in [3.63, 3.8) is 0 Å². The van der Waals surface area contributed by atoms with Gasteiger partial charge in [-0.15, -0.1) is 0 Å². The lowest BCUT2D eigenvalue weighted by molar-refractivity contribution is -0.146. The molecule has 4 N–H and O–H groups in total. The number of hydrogen-bond donors (Lipinski definition) is 4. The van der Waals surface area contributed by atoms with Gasteiger partial charge >= 0.3 is 0 Å². The van der Waals surface area contributed by atoms with Gasteiger partial charge in [-0.1, -0.05) is 0 Å². The molecule has 6 heteroatoms. The number of hydrogen-bond acceptors (Lipinski definition) is 5. The van der Waals surface area contributed by atoms with E-state index >= 15 is 0 Å². The quantitative estimate of drug-likeness (QED) is 0.381. The number of amides is 1. The molecule has 0 aromatic rings. The third-order valence-corrected chi connectivity index (χ3v) is 2.51. The standard InChI is InChI=1S/C8H17N5O/c1-8(2,3)13-7(14)6-5(4-9-13)10-12-11-6/h5-6,9-12H,4H2,1-3H3. The summed E-state index contributed by atoms with van der Waals surface area (Å²) in [5.41, 5.74) is 11.6. The summed E-state index contributed by atoms with van der Waals surface area (Å²) in [5, 5.41) is 1.69. The van der Waals surface area contributed by atoms with Crippen LogP contribution in [0.3, 0.4) is 0 Å². The second kappa shape index (κ2) is 3.16. The Bertz CT molecular complexity index is 249. The van der Waals surface area contributed by atoms with Crippen LogP contribution in [0.5, 0.6) is 0 Å². The highest BCUT2D eigenvalue weighted by molar-refractivity contribution is 5.84. The lowest BCUT2D eigenvalue weighted by Gasteiger charge is -2.42. The maximum absolute atomic E-state index is 12.0. The molecule has 0 radical (unpaired) electrons. The third-order valence-electron chi connectivity index (χ3n) is 2.51. The van der Waals surface area contributed by atoms with Crippen molar-refractivity contribution in [3.05, 3.63) is 0 Å². The molecule has 0 aromatic heterocycles. The highest BCUT2D eigenvalue weighted by atomic mass is 16.2. The van der Waals surface area contributed by atoms with E-state index in [9.17, 15) is 4.79 Å². The molecular formula is C8H17N5O. The van der Waals surface area contributed by atoms with Gasteiger partial charge in [0.2, 0.25) is 0 Å². The Hall–Kier alpha value is -0.690. The molecular weight excluding hydrogens is 182 g/mol. The maximum Gasteiger partial charge on any atom is 0.257 e. The van der Waals surface area contributed by atoms with E-state index in [1.54, 1.807) is 5.01 Å². The van der Waals surface area contributed by atoms with Gasteiger partial charge in [0.15, 0.2) is 0 Å². The number of rotatable bonds is 0. The SMILES string of the molecule is CC(C)(C)N1NCC2NNNC2C1=O. The average Bonchev–Trinajstić information content (AvgIpc) is 2.50. The van der Waals surface area contributed by atoms with Crippen LogP contribution in [0.1, 0.15) is 20.8 Å². The number of carbonyl (C=O) groups excluding carboxylic acids is 1. The van der Waals surface area contributed by atoms with Crippen LogP contribution < -0.4 is 21.8 Å². The summed E-state index contributed by atoms with van der Waals surface area (Å²) in [6.07, 6.45) is 0. The minimum Gasteiger partial charge on any atom is -0.271 e. The van der Waals surface area contributed by atoms with Gasteiger partial charge in [0, 0.05) is 6.54 Å². The normalized spacial score (nSPS) is 33.4. The predicted octanol–water partition coefficient (Wildman–Crippen LogP) is -1.52. The Morgan fingerprint density at radius 3 is 2.71 bits per heavy atom. The molecule has 2 heterocycles. The fourth-order valence-electron chi connectivity index (χ4n) is 1.77. The molecule has 2 aliphatic heterocycles. The molecule has 14 heavy (non-hydrogen) atoms.